The van der Waals surface area contributed by atoms with E-state index in [2.05, 4.69) is 10.5 Å². The van der Waals surface area contributed by atoms with Crippen LogP contribution in [0.25, 0.3) is 0 Å². The van der Waals surface area contributed by atoms with E-state index < -0.39 is 15.9 Å². The van der Waals surface area contributed by atoms with E-state index in [4.69, 9.17) is 27.7 Å². The number of halogens is 2. The second-order valence-corrected chi connectivity index (χ2v) is 8.39. The van der Waals surface area contributed by atoms with Crippen LogP contribution in [0.2, 0.25) is 10.0 Å². The number of rotatable bonds is 8. The van der Waals surface area contributed by atoms with Gasteiger partial charge >= 0.3 is 0 Å². The number of anilines is 1. The predicted molar refractivity (Wildman–Crippen MR) is 100.0 cm³/mol. The molecule has 1 aromatic carbocycles. The standard InChI is InChI=1S/C16H19Cl2N3O4S/c1-3-4-7-21(10-16(22)19-15-8-11(2)25-20-15)26(23,24)14-9-12(17)5-6-13(14)18/h5-6,8-9H,3-4,7,10H2,1-2H3,(H,19,20,22). The number of hydrogen-bond acceptors (Lipinski definition) is 5. The van der Waals surface area contributed by atoms with E-state index in [1.165, 1.54) is 24.3 Å². The number of carbonyl (C=O) groups is 1. The van der Waals surface area contributed by atoms with E-state index >= 15 is 0 Å². The molecule has 0 spiro atoms. The van der Waals surface area contributed by atoms with Gasteiger partial charge in [0.05, 0.1) is 11.6 Å². The Morgan fingerprint density at radius 1 is 1.31 bits per heavy atom. The molecule has 1 amide bonds. The molecular weight excluding hydrogens is 401 g/mol. The van der Waals surface area contributed by atoms with Crippen molar-refractivity contribution in [2.45, 2.75) is 31.6 Å². The first kappa shape index (κ1) is 20.7. The highest BCUT2D eigenvalue weighted by atomic mass is 35.5. The molecule has 1 N–H and O–H groups in total. The first-order chi connectivity index (χ1) is 12.2. The predicted octanol–water partition coefficient (Wildman–Crippen LogP) is 3.72. The molecule has 0 aliphatic rings. The van der Waals surface area contributed by atoms with Crippen LogP contribution in [0.1, 0.15) is 25.5 Å². The van der Waals surface area contributed by atoms with E-state index in [1.807, 2.05) is 6.92 Å². The van der Waals surface area contributed by atoms with Crippen LogP contribution in [0.5, 0.6) is 0 Å². The summed E-state index contributed by atoms with van der Waals surface area (Å²) in [5.74, 6) is 0.221. The van der Waals surface area contributed by atoms with Crippen molar-refractivity contribution in [1.82, 2.24) is 9.46 Å². The first-order valence-corrected chi connectivity index (χ1v) is 10.1. The molecule has 26 heavy (non-hydrogen) atoms. The van der Waals surface area contributed by atoms with E-state index in [9.17, 15) is 13.2 Å². The van der Waals surface area contributed by atoms with Crippen molar-refractivity contribution in [3.05, 3.63) is 40.1 Å². The Labute approximate surface area is 162 Å². The van der Waals surface area contributed by atoms with Gasteiger partial charge in [0.25, 0.3) is 0 Å². The van der Waals surface area contributed by atoms with Crippen LogP contribution in [0.3, 0.4) is 0 Å². The van der Waals surface area contributed by atoms with Crippen molar-refractivity contribution in [3.8, 4) is 0 Å². The number of hydrogen-bond donors (Lipinski definition) is 1. The minimum atomic E-state index is -4.00. The maximum absolute atomic E-state index is 13.0. The summed E-state index contributed by atoms with van der Waals surface area (Å²) in [5.41, 5.74) is 0. The number of aryl methyl sites for hydroxylation is 1. The Hall–Kier alpha value is -1.61. The number of amides is 1. The molecule has 0 unspecified atom stereocenters. The summed E-state index contributed by atoms with van der Waals surface area (Å²) in [6.07, 6.45) is 1.35. The lowest BCUT2D eigenvalue weighted by Crippen LogP contribution is -2.38. The first-order valence-electron chi connectivity index (χ1n) is 7.92. The molecule has 142 valence electrons. The molecule has 0 atom stereocenters. The number of aromatic nitrogens is 1. The number of nitrogens with one attached hydrogen (secondary N) is 1. The van der Waals surface area contributed by atoms with Crippen molar-refractivity contribution in [2.24, 2.45) is 0 Å². The van der Waals surface area contributed by atoms with Crippen LogP contribution in [0.4, 0.5) is 5.82 Å². The number of sulfonamides is 1. The normalized spacial score (nSPS) is 11.7. The average Bonchev–Trinajstić information content (AvgIpc) is 2.98. The van der Waals surface area contributed by atoms with Crippen molar-refractivity contribution in [1.29, 1.82) is 0 Å². The second-order valence-electron chi connectivity index (χ2n) is 5.64. The van der Waals surface area contributed by atoms with Crippen molar-refractivity contribution < 1.29 is 17.7 Å². The largest absolute Gasteiger partial charge is 0.360 e. The molecule has 0 saturated carbocycles. The molecule has 1 aromatic heterocycles. The Morgan fingerprint density at radius 3 is 2.65 bits per heavy atom. The van der Waals surface area contributed by atoms with Gasteiger partial charge in [0.15, 0.2) is 5.82 Å². The summed E-state index contributed by atoms with van der Waals surface area (Å²) < 4.78 is 31.9. The quantitative estimate of drug-likeness (QED) is 0.703. The molecule has 0 aliphatic heterocycles. The SMILES string of the molecule is CCCCN(CC(=O)Nc1cc(C)on1)S(=O)(=O)c1cc(Cl)ccc1Cl. The molecular formula is C16H19Cl2N3O4S. The van der Waals surface area contributed by atoms with Gasteiger partial charge in [-0.05, 0) is 31.5 Å². The van der Waals surface area contributed by atoms with Crippen LogP contribution in [-0.2, 0) is 14.8 Å². The molecule has 10 heteroatoms. The molecule has 1 heterocycles. The Kier molecular flexibility index (Phi) is 7.05. The van der Waals surface area contributed by atoms with Crippen molar-refractivity contribution in [2.75, 3.05) is 18.4 Å². The smallest absolute Gasteiger partial charge is 0.245 e. The lowest BCUT2D eigenvalue weighted by atomic mass is 10.3. The van der Waals surface area contributed by atoms with Gasteiger partial charge in [0, 0.05) is 17.6 Å². The Morgan fingerprint density at radius 2 is 2.04 bits per heavy atom. The third kappa shape index (κ3) is 5.20. The summed E-state index contributed by atoms with van der Waals surface area (Å²) in [6, 6.07) is 5.72. The summed E-state index contributed by atoms with van der Waals surface area (Å²) >= 11 is 11.9. The van der Waals surface area contributed by atoms with E-state index in [0.717, 1.165) is 10.7 Å². The van der Waals surface area contributed by atoms with Gasteiger partial charge in [0.1, 0.15) is 10.7 Å². The van der Waals surface area contributed by atoms with Gasteiger partial charge in [-0.25, -0.2) is 8.42 Å². The van der Waals surface area contributed by atoms with Crippen LogP contribution in [0.15, 0.2) is 33.7 Å². The number of unbranched alkanes of at least 4 members (excludes halogenated alkanes) is 1. The van der Waals surface area contributed by atoms with E-state index in [1.54, 1.807) is 6.92 Å². The van der Waals surface area contributed by atoms with Gasteiger partial charge in [-0.15, -0.1) is 0 Å². The minimum Gasteiger partial charge on any atom is -0.360 e. The third-order valence-corrected chi connectivity index (χ3v) is 6.05. The topological polar surface area (TPSA) is 92.5 Å². The van der Waals surface area contributed by atoms with Gasteiger partial charge in [-0.2, -0.15) is 4.31 Å². The fraction of sp³-hybridized carbons (Fsp3) is 0.375. The Balaban J connectivity index is 2.24. The zero-order chi connectivity index (χ0) is 19.3. The summed E-state index contributed by atoms with van der Waals surface area (Å²) in [7, 11) is -4.00. The van der Waals surface area contributed by atoms with E-state index in [-0.39, 0.29) is 33.8 Å². The minimum absolute atomic E-state index is 0.0448. The van der Waals surface area contributed by atoms with Crippen LogP contribution in [0, 0.1) is 6.92 Å². The highest BCUT2D eigenvalue weighted by Gasteiger charge is 2.28. The van der Waals surface area contributed by atoms with Crippen LogP contribution >= 0.6 is 23.2 Å². The molecule has 0 bridgehead atoms. The van der Waals surface area contributed by atoms with Gasteiger partial charge in [-0.1, -0.05) is 41.7 Å². The summed E-state index contributed by atoms with van der Waals surface area (Å²) in [6.45, 7) is 3.40. The fourth-order valence-corrected chi connectivity index (χ4v) is 4.37. The average molecular weight is 420 g/mol. The Bertz CT molecular complexity index is 883. The van der Waals surface area contributed by atoms with Crippen molar-refractivity contribution in [3.63, 3.8) is 0 Å². The van der Waals surface area contributed by atoms with Gasteiger partial charge in [-0.3, -0.25) is 4.79 Å². The second kappa shape index (κ2) is 8.85. The third-order valence-electron chi connectivity index (χ3n) is 3.49. The van der Waals surface area contributed by atoms with Gasteiger partial charge < -0.3 is 9.84 Å². The summed E-state index contributed by atoms with van der Waals surface area (Å²) in [5, 5.41) is 6.45. The molecule has 0 fully saturated rings. The molecule has 0 radical (unpaired) electrons. The highest BCUT2D eigenvalue weighted by Crippen LogP contribution is 2.28. The summed E-state index contributed by atoms with van der Waals surface area (Å²) in [4.78, 5) is 12.1. The van der Waals surface area contributed by atoms with Gasteiger partial charge in [0.2, 0.25) is 15.9 Å². The lowest BCUT2D eigenvalue weighted by molar-refractivity contribution is -0.116. The monoisotopic (exact) mass is 419 g/mol. The zero-order valence-corrected chi connectivity index (χ0v) is 16.7. The molecule has 0 aliphatic carbocycles. The molecule has 7 nitrogen and oxygen atoms in total. The number of nitrogens with zero attached hydrogens (tertiary/aromatic N) is 2. The number of carbonyl (C=O) groups excluding carboxylic acids is 1. The maximum Gasteiger partial charge on any atom is 0.245 e. The zero-order valence-electron chi connectivity index (χ0n) is 14.3. The van der Waals surface area contributed by atoms with E-state index in [0.29, 0.717) is 12.2 Å². The molecule has 0 saturated heterocycles. The van der Waals surface area contributed by atoms with Crippen LogP contribution < -0.4 is 5.32 Å². The fourth-order valence-electron chi connectivity index (χ4n) is 2.20. The highest BCUT2D eigenvalue weighted by molar-refractivity contribution is 7.89. The van der Waals surface area contributed by atoms with Crippen LogP contribution in [-0.4, -0.2) is 36.9 Å². The molecule has 2 rings (SSSR count). The maximum atomic E-state index is 13.0. The molecule has 2 aromatic rings. The number of benzene rings is 1. The lowest BCUT2D eigenvalue weighted by Gasteiger charge is -2.22. The van der Waals surface area contributed by atoms with Crippen molar-refractivity contribution >= 4 is 45.0 Å².